The van der Waals surface area contributed by atoms with Gasteiger partial charge in [0.25, 0.3) is 0 Å². The molecule has 4 rings (SSSR count). The maximum Gasteiger partial charge on any atom is 0.196 e. The molecule has 1 atom stereocenters. The highest BCUT2D eigenvalue weighted by atomic mass is 16.5. The van der Waals surface area contributed by atoms with E-state index in [0.29, 0.717) is 46.8 Å². The van der Waals surface area contributed by atoms with Crippen molar-refractivity contribution in [2.45, 2.75) is 40.0 Å². The number of aliphatic hydroxyl groups is 1. The Bertz CT molecular complexity index is 1010. The molecular formula is C19H20N2O4. The fourth-order valence-electron chi connectivity index (χ4n) is 3.32. The lowest BCUT2D eigenvalue weighted by molar-refractivity contribution is 0.0816. The summed E-state index contributed by atoms with van der Waals surface area (Å²) in [7, 11) is 0. The van der Waals surface area contributed by atoms with Gasteiger partial charge >= 0.3 is 0 Å². The second-order valence-corrected chi connectivity index (χ2v) is 6.58. The quantitative estimate of drug-likeness (QED) is 0.776. The van der Waals surface area contributed by atoms with Crippen molar-refractivity contribution in [1.29, 1.82) is 0 Å². The average molecular weight is 340 g/mol. The first-order valence-electron chi connectivity index (χ1n) is 8.36. The standard InChI is InChI=1S/C19H20N2O4/c1-10-6-13(12(3)22)19-14(7-10)17(23)11(2)18(25-19)15-8-21-4-5-24-9-16(21)20-15/h6-8,12,22H,4-5,9H2,1-3H3/t12-/m0/s1. The van der Waals surface area contributed by atoms with E-state index in [1.54, 1.807) is 19.9 Å². The van der Waals surface area contributed by atoms with E-state index in [0.717, 1.165) is 17.9 Å². The number of rotatable bonds is 2. The number of imidazole rings is 1. The summed E-state index contributed by atoms with van der Waals surface area (Å²) in [5, 5.41) is 10.6. The van der Waals surface area contributed by atoms with Gasteiger partial charge in [-0.05, 0) is 38.5 Å². The van der Waals surface area contributed by atoms with Crippen LogP contribution in [-0.2, 0) is 17.9 Å². The minimum Gasteiger partial charge on any atom is -0.453 e. The number of nitrogens with zero attached hydrogens (tertiary/aromatic N) is 2. The van der Waals surface area contributed by atoms with E-state index in [1.807, 2.05) is 23.8 Å². The summed E-state index contributed by atoms with van der Waals surface area (Å²) in [6.07, 6.45) is 1.16. The molecule has 0 aliphatic carbocycles. The second-order valence-electron chi connectivity index (χ2n) is 6.58. The number of ether oxygens (including phenoxy) is 1. The molecule has 130 valence electrons. The summed E-state index contributed by atoms with van der Waals surface area (Å²) in [5.41, 5.74) is 3.00. The molecule has 6 heteroatoms. The summed E-state index contributed by atoms with van der Waals surface area (Å²) >= 11 is 0. The minimum atomic E-state index is -0.732. The zero-order valence-electron chi connectivity index (χ0n) is 14.5. The van der Waals surface area contributed by atoms with E-state index < -0.39 is 6.10 Å². The molecule has 0 saturated heterocycles. The molecule has 3 heterocycles. The molecule has 1 aliphatic heterocycles. The summed E-state index contributed by atoms with van der Waals surface area (Å²) in [5.74, 6) is 1.27. The molecule has 0 spiro atoms. The Morgan fingerprint density at radius 2 is 2.12 bits per heavy atom. The highest BCUT2D eigenvalue weighted by Gasteiger charge is 2.21. The number of aryl methyl sites for hydroxylation is 1. The molecule has 1 aliphatic rings. The maximum absolute atomic E-state index is 12.9. The molecule has 0 fully saturated rings. The molecule has 0 radical (unpaired) electrons. The summed E-state index contributed by atoms with van der Waals surface area (Å²) in [4.78, 5) is 17.5. The van der Waals surface area contributed by atoms with Gasteiger partial charge in [-0.3, -0.25) is 4.79 Å². The number of fused-ring (bicyclic) bond motifs is 2. The van der Waals surface area contributed by atoms with Gasteiger partial charge in [-0.2, -0.15) is 0 Å². The van der Waals surface area contributed by atoms with Crippen molar-refractivity contribution in [3.63, 3.8) is 0 Å². The number of hydrogen-bond donors (Lipinski definition) is 1. The van der Waals surface area contributed by atoms with Gasteiger partial charge in [-0.1, -0.05) is 0 Å². The van der Waals surface area contributed by atoms with E-state index in [9.17, 15) is 9.90 Å². The fourth-order valence-corrected chi connectivity index (χ4v) is 3.32. The van der Waals surface area contributed by atoms with Crippen LogP contribution < -0.4 is 5.43 Å². The first-order chi connectivity index (χ1) is 12.0. The molecule has 0 saturated carbocycles. The third-order valence-electron chi connectivity index (χ3n) is 4.64. The molecule has 1 aromatic carbocycles. The van der Waals surface area contributed by atoms with Crippen LogP contribution in [0.1, 0.15) is 35.5 Å². The van der Waals surface area contributed by atoms with E-state index in [-0.39, 0.29) is 5.43 Å². The Labute approximate surface area is 144 Å². The molecule has 6 nitrogen and oxygen atoms in total. The molecule has 3 aromatic rings. The lowest BCUT2D eigenvalue weighted by atomic mass is 10.0. The van der Waals surface area contributed by atoms with Gasteiger partial charge in [0.05, 0.1) is 18.1 Å². The van der Waals surface area contributed by atoms with Crippen LogP contribution in [0.25, 0.3) is 22.4 Å². The maximum atomic E-state index is 12.9. The van der Waals surface area contributed by atoms with Gasteiger partial charge in [0.2, 0.25) is 0 Å². The summed E-state index contributed by atoms with van der Waals surface area (Å²) < 4.78 is 13.6. The van der Waals surface area contributed by atoms with Crippen LogP contribution in [0.5, 0.6) is 0 Å². The van der Waals surface area contributed by atoms with Crippen molar-refractivity contribution >= 4 is 11.0 Å². The Hall–Kier alpha value is -2.44. The van der Waals surface area contributed by atoms with Crippen LogP contribution in [0.4, 0.5) is 0 Å². The van der Waals surface area contributed by atoms with Gasteiger partial charge in [-0.25, -0.2) is 4.98 Å². The van der Waals surface area contributed by atoms with Gasteiger partial charge in [-0.15, -0.1) is 0 Å². The van der Waals surface area contributed by atoms with Crippen molar-refractivity contribution in [3.8, 4) is 11.5 Å². The van der Waals surface area contributed by atoms with Crippen LogP contribution in [0.3, 0.4) is 0 Å². The Kier molecular flexibility index (Phi) is 3.74. The predicted molar refractivity (Wildman–Crippen MR) is 93.5 cm³/mol. The monoisotopic (exact) mass is 340 g/mol. The molecular weight excluding hydrogens is 320 g/mol. The molecule has 25 heavy (non-hydrogen) atoms. The highest BCUT2D eigenvalue weighted by molar-refractivity contribution is 5.83. The first kappa shape index (κ1) is 16.1. The molecule has 0 bridgehead atoms. The lowest BCUT2D eigenvalue weighted by Crippen LogP contribution is -2.15. The first-order valence-corrected chi connectivity index (χ1v) is 8.36. The Balaban J connectivity index is 2.00. The highest BCUT2D eigenvalue weighted by Crippen LogP contribution is 2.30. The van der Waals surface area contributed by atoms with E-state index in [4.69, 9.17) is 9.15 Å². The van der Waals surface area contributed by atoms with Crippen LogP contribution in [-0.4, -0.2) is 21.3 Å². The van der Waals surface area contributed by atoms with Crippen molar-refractivity contribution in [1.82, 2.24) is 9.55 Å². The number of aliphatic hydroxyl groups excluding tert-OH is 1. The van der Waals surface area contributed by atoms with Crippen LogP contribution in [0.2, 0.25) is 0 Å². The van der Waals surface area contributed by atoms with Crippen LogP contribution in [0.15, 0.2) is 27.5 Å². The van der Waals surface area contributed by atoms with E-state index >= 15 is 0 Å². The van der Waals surface area contributed by atoms with Gasteiger partial charge in [0.1, 0.15) is 23.7 Å². The summed E-state index contributed by atoms with van der Waals surface area (Å²) in [6.45, 7) is 7.15. The van der Waals surface area contributed by atoms with Crippen molar-refractivity contribution in [2.75, 3.05) is 6.61 Å². The van der Waals surface area contributed by atoms with Gasteiger partial charge in [0, 0.05) is 23.9 Å². The number of benzene rings is 1. The lowest BCUT2D eigenvalue weighted by Gasteiger charge is -2.13. The Morgan fingerprint density at radius 1 is 1.32 bits per heavy atom. The topological polar surface area (TPSA) is 77.5 Å². The van der Waals surface area contributed by atoms with Crippen molar-refractivity contribution in [2.24, 2.45) is 0 Å². The van der Waals surface area contributed by atoms with E-state index in [1.165, 1.54) is 0 Å². The summed E-state index contributed by atoms with van der Waals surface area (Å²) in [6, 6.07) is 3.65. The van der Waals surface area contributed by atoms with Crippen LogP contribution >= 0.6 is 0 Å². The third-order valence-corrected chi connectivity index (χ3v) is 4.64. The minimum absolute atomic E-state index is 0.0935. The SMILES string of the molecule is Cc1cc([C@H](C)O)c2oc(-c3cn4c(n3)COCC4)c(C)c(=O)c2c1. The second kappa shape index (κ2) is 5.82. The van der Waals surface area contributed by atoms with E-state index in [2.05, 4.69) is 4.98 Å². The predicted octanol–water partition coefficient (Wildman–Crippen LogP) is 2.86. The molecule has 1 N–H and O–H groups in total. The molecule has 0 amide bonds. The number of aromatic nitrogens is 2. The van der Waals surface area contributed by atoms with Crippen molar-refractivity contribution < 1.29 is 14.3 Å². The zero-order valence-corrected chi connectivity index (χ0v) is 14.5. The average Bonchev–Trinajstić information content (AvgIpc) is 3.01. The van der Waals surface area contributed by atoms with Crippen LogP contribution in [0, 0.1) is 13.8 Å². The zero-order chi connectivity index (χ0) is 17.7. The largest absolute Gasteiger partial charge is 0.453 e. The Morgan fingerprint density at radius 3 is 2.84 bits per heavy atom. The fraction of sp³-hybridized carbons (Fsp3) is 0.368. The molecule has 0 unspecified atom stereocenters. The molecule has 2 aromatic heterocycles. The van der Waals surface area contributed by atoms with Gasteiger partial charge < -0.3 is 18.8 Å². The van der Waals surface area contributed by atoms with Crippen molar-refractivity contribution in [3.05, 3.63) is 51.1 Å². The van der Waals surface area contributed by atoms with Gasteiger partial charge in [0.15, 0.2) is 11.2 Å². The third kappa shape index (κ3) is 2.58. The number of hydrogen-bond acceptors (Lipinski definition) is 5. The normalized spacial score (nSPS) is 15.4. The smallest absolute Gasteiger partial charge is 0.196 e.